The SMILES string of the molecule is CSc1ncc(C(=O)NCC(=O)Nc2ccc(F)c(F)c2F)n1-c1ccc(F)cc1. The van der Waals surface area contributed by atoms with E-state index in [9.17, 15) is 27.2 Å². The maximum absolute atomic E-state index is 13.6. The number of thioether (sulfide) groups is 1. The molecule has 1 aromatic heterocycles. The number of amides is 2. The second kappa shape index (κ2) is 8.99. The molecule has 0 aliphatic heterocycles. The summed E-state index contributed by atoms with van der Waals surface area (Å²) in [5.41, 5.74) is 0.00338. The molecule has 0 bridgehead atoms. The van der Waals surface area contributed by atoms with Crippen molar-refractivity contribution in [3.05, 3.63) is 71.6 Å². The van der Waals surface area contributed by atoms with Crippen LogP contribution in [-0.2, 0) is 4.79 Å². The summed E-state index contributed by atoms with van der Waals surface area (Å²) < 4.78 is 54.5. The molecular weight excluding hydrogens is 424 g/mol. The number of anilines is 1. The van der Waals surface area contributed by atoms with E-state index in [2.05, 4.69) is 15.6 Å². The molecule has 0 atom stereocenters. The van der Waals surface area contributed by atoms with Gasteiger partial charge in [0, 0.05) is 5.69 Å². The molecule has 11 heteroatoms. The average Bonchev–Trinajstić information content (AvgIpc) is 3.17. The molecule has 0 fully saturated rings. The molecule has 2 amide bonds. The Kier molecular flexibility index (Phi) is 6.40. The number of imidazole rings is 1. The van der Waals surface area contributed by atoms with Crippen LogP contribution in [0.2, 0.25) is 0 Å². The molecule has 3 aromatic rings. The maximum atomic E-state index is 13.6. The van der Waals surface area contributed by atoms with Gasteiger partial charge in [-0.15, -0.1) is 0 Å². The molecule has 0 saturated carbocycles. The van der Waals surface area contributed by atoms with Crippen LogP contribution < -0.4 is 10.6 Å². The Bertz CT molecular complexity index is 1100. The molecule has 0 aliphatic rings. The van der Waals surface area contributed by atoms with Crippen LogP contribution >= 0.6 is 11.8 Å². The molecule has 0 spiro atoms. The zero-order chi connectivity index (χ0) is 21.8. The van der Waals surface area contributed by atoms with E-state index in [-0.39, 0.29) is 5.69 Å². The van der Waals surface area contributed by atoms with E-state index < -0.39 is 47.3 Å². The summed E-state index contributed by atoms with van der Waals surface area (Å²) in [6.45, 7) is -0.569. The number of halogens is 4. The molecule has 2 aromatic carbocycles. The number of hydrogen-bond donors (Lipinski definition) is 2. The number of nitrogens with one attached hydrogen (secondary N) is 2. The van der Waals surface area contributed by atoms with Crippen LogP contribution in [-0.4, -0.2) is 34.2 Å². The summed E-state index contributed by atoms with van der Waals surface area (Å²) in [4.78, 5) is 28.6. The molecular formula is C19H14F4N4O2S. The van der Waals surface area contributed by atoms with Gasteiger partial charge in [0.1, 0.15) is 11.5 Å². The van der Waals surface area contributed by atoms with Gasteiger partial charge >= 0.3 is 0 Å². The summed E-state index contributed by atoms with van der Waals surface area (Å²) in [5.74, 6) is -6.63. The fourth-order valence-electron chi connectivity index (χ4n) is 2.55. The lowest BCUT2D eigenvalue weighted by atomic mass is 10.2. The van der Waals surface area contributed by atoms with Gasteiger partial charge in [0.2, 0.25) is 5.91 Å². The van der Waals surface area contributed by atoms with Gasteiger partial charge in [0.15, 0.2) is 22.6 Å². The zero-order valence-corrected chi connectivity index (χ0v) is 16.2. The van der Waals surface area contributed by atoms with E-state index in [1.165, 1.54) is 46.8 Å². The predicted octanol–water partition coefficient (Wildman–Crippen LogP) is 3.52. The highest BCUT2D eigenvalue weighted by atomic mass is 32.2. The fourth-order valence-corrected chi connectivity index (χ4v) is 3.09. The number of aromatic nitrogens is 2. The Morgan fingerprint density at radius 2 is 1.73 bits per heavy atom. The lowest BCUT2D eigenvalue weighted by Crippen LogP contribution is -2.34. The highest BCUT2D eigenvalue weighted by molar-refractivity contribution is 7.98. The van der Waals surface area contributed by atoms with Crippen molar-refractivity contribution < 1.29 is 27.2 Å². The summed E-state index contributed by atoms with van der Waals surface area (Å²) in [6, 6.07) is 6.91. The largest absolute Gasteiger partial charge is 0.342 e. The lowest BCUT2D eigenvalue weighted by molar-refractivity contribution is -0.115. The third-order valence-corrected chi connectivity index (χ3v) is 4.60. The number of nitrogens with zero attached hydrogens (tertiary/aromatic N) is 2. The minimum Gasteiger partial charge on any atom is -0.342 e. The second-order valence-electron chi connectivity index (χ2n) is 5.90. The number of carbonyl (C=O) groups excluding carboxylic acids is 2. The van der Waals surface area contributed by atoms with Crippen LogP contribution in [0.3, 0.4) is 0 Å². The fraction of sp³-hybridized carbons (Fsp3) is 0.105. The van der Waals surface area contributed by atoms with Gasteiger partial charge in [0.25, 0.3) is 5.91 Å². The molecule has 156 valence electrons. The maximum Gasteiger partial charge on any atom is 0.270 e. The third kappa shape index (κ3) is 4.46. The van der Waals surface area contributed by atoms with Crippen LogP contribution in [0.25, 0.3) is 5.69 Å². The molecule has 0 unspecified atom stereocenters. The summed E-state index contributed by atoms with van der Waals surface area (Å²) in [5, 5.41) is 4.85. The van der Waals surface area contributed by atoms with Crippen LogP contribution in [0.4, 0.5) is 23.2 Å². The standard InChI is InChI=1S/C19H14F4N4O2S/c1-30-19-25-8-14(27(19)11-4-2-10(20)3-5-11)18(29)24-9-15(28)26-13-7-6-12(21)16(22)17(13)23/h2-8H,9H2,1H3,(H,24,29)(H,26,28). The van der Waals surface area contributed by atoms with Crippen molar-refractivity contribution in [1.82, 2.24) is 14.9 Å². The first-order valence-electron chi connectivity index (χ1n) is 8.41. The van der Waals surface area contributed by atoms with Crippen LogP contribution in [0.1, 0.15) is 10.5 Å². The zero-order valence-electron chi connectivity index (χ0n) is 15.4. The quantitative estimate of drug-likeness (QED) is 0.351. The van der Waals surface area contributed by atoms with Gasteiger partial charge in [-0.1, -0.05) is 11.8 Å². The van der Waals surface area contributed by atoms with Crippen LogP contribution in [0.5, 0.6) is 0 Å². The lowest BCUT2D eigenvalue weighted by Gasteiger charge is -2.12. The van der Waals surface area contributed by atoms with E-state index in [1.807, 2.05) is 0 Å². The Morgan fingerprint density at radius 3 is 2.40 bits per heavy atom. The van der Waals surface area contributed by atoms with Crippen molar-refractivity contribution in [2.75, 3.05) is 18.1 Å². The monoisotopic (exact) mass is 438 g/mol. The summed E-state index contributed by atoms with van der Waals surface area (Å²) in [7, 11) is 0. The molecule has 30 heavy (non-hydrogen) atoms. The minimum atomic E-state index is -1.72. The summed E-state index contributed by atoms with van der Waals surface area (Å²) in [6.07, 6.45) is 3.03. The first-order valence-corrected chi connectivity index (χ1v) is 9.63. The second-order valence-corrected chi connectivity index (χ2v) is 6.67. The molecule has 0 radical (unpaired) electrons. The number of benzene rings is 2. The number of hydrogen-bond acceptors (Lipinski definition) is 4. The third-order valence-electron chi connectivity index (χ3n) is 3.95. The average molecular weight is 438 g/mol. The molecule has 0 saturated heterocycles. The molecule has 1 heterocycles. The first kappa shape index (κ1) is 21.4. The van der Waals surface area contributed by atoms with E-state index in [4.69, 9.17) is 0 Å². The Balaban J connectivity index is 1.72. The van der Waals surface area contributed by atoms with E-state index >= 15 is 0 Å². The molecule has 3 rings (SSSR count). The van der Waals surface area contributed by atoms with Crippen LogP contribution in [0.15, 0.2) is 47.8 Å². The highest BCUT2D eigenvalue weighted by Crippen LogP contribution is 2.22. The predicted molar refractivity (Wildman–Crippen MR) is 103 cm³/mol. The van der Waals surface area contributed by atoms with E-state index in [0.29, 0.717) is 16.9 Å². The minimum absolute atomic E-state index is 0.0813. The van der Waals surface area contributed by atoms with Gasteiger partial charge in [0.05, 0.1) is 18.4 Å². The van der Waals surface area contributed by atoms with Crippen molar-refractivity contribution in [2.45, 2.75) is 5.16 Å². The van der Waals surface area contributed by atoms with Gasteiger partial charge in [-0.25, -0.2) is 22.5 Å². The van der Waals surface area contributed by atoms with E-state index in [0.717, 1.165) is 6.07 Å². The number of carbonyl (C=O) groups is 2. The van der Waals surface area contributed by atoms with Crippen molar-refractivity contribution in [3.8, 4) is 5.69 Å². The van der Waals surface area contributed by atoms with Gasteiger partial charge in [-0.3, -0.25) is 14.2 Å². The van der Waals surface area contributed by atoms with Gasteiger partial charge in [-0.2, -0.15) is 0 Å². The van der Waals surface area contributed by atoms with Gasteiger partial charge < -0.3 is 10.6 Å². The molecule has 0 aliphatic carbocycles. The Labute approximate surface area is 172 Å². The Morgan fingerprint density at radius 1 is 1.03 bits per heavy atom. The molecule has 6 nitrogen and oxygen atoms in total. The summed E-state index contributed by atoms with van der Waals surface area (Å²) >= 11 is 1.25. The first-order chi connectivity index (χ1) is 14.3. The topological polar surface area (TPSA) is 76.0 Å². The van der Waals surface area contributed by atoms with Crippen molar-refractivity contribution >= 4 is 29.3 Å². The van der Waals surface area contributed by atoms with Crippen molar-refractivity contribution in [2.24, 2.45) is 0 Å². The van der Waals surface area contributed by atoms with Crippen molar-refractivity contribution in [3.63, 3.8) is 0 Å². The molecule has 2 N–H and O–H groups in total. The van der Waals surface area contributed by atoms with Gasteiger partial charge in [-0.05, 0) is 42.7 Å². The number of rotatable bonds is 6. The van der Waals surface area contributed by atoms with Crippen LogP contribution in [0, 0.1) is 23.3 Å². The normalized spacial score (nSPS) is 10.7. The smallest absolute Gasteiger partial charge is 0.270 e. The van der Waals surface area contributed by atoms with E-state index in [1.54, 1.807) is 6.26 Å². The Hall–Kier alpha value is -3.34. The van der Waals surface area contributed by atoms with Crippen molar-refractivity contribution in [1.29, 1.82) is 0 Å². The highest BCUT2D eigenvalue weighted by Gasteiger charge is 2.19.